The molecule has 1 aliphatic rings. The van der Waals surface area contributed by atoms with Gasteiger partial charge in [-0.3, -0.25) is 4.72 Å². The Morgan fingerprint density at radius 2 is 1.73 bits per heavy atom. The van der Waals surface area contributed by atoms with Gasteiger partial charge >= 0.3 is 0 Å². The number of anilines is 1. The zero-order valence-electron chi connectivity index (χ0n) is 14.5. The van der Waals surface area contributed by atoms with Crippen molar-refractivity contribution in [2.24, 2.45) is 0 Å². The predicted molar refractivity (Wildman–Crippen MR) is 109 cm³/mol. The smallest absolute Gasteiger partial charge is 0.262 e. The fourth-order valence-corrected chi connectivity index (χ4v) is 4.79. The first-order valence-electron chi connectivity index (χ1n) is 8.39. The van der Waals surface area contributed by atoms with Crippen LogP contribution < -0.4 is 10.0 Å². The maximum Gasteiger partial charge on any atom is 0.262 e. The standard InChI is InChI=1S/C20H20N2O2S.ClH/c1-14-9-10-20(18-7-3-2-6-16(14)18)25(23,24)22-19-8-4-5-15-13-21-12-11-17(15)19;/h2-10,21-22H,11-13H2,1H3;1H. The minimum Gasteiger partial charge on any atom is -0.312 e. The molecule has 0 amide bonds. The maximum atomic E-state index is 13.1. The molecule has 0 unspecified atom stereocenters. The quantitative estimate of drug-likeness (QED) is 0.712. The third-order valence-corrected chi connectivity index (χ3v) is 6.20. The van der Waals surface area contributed by atoms with Crippen LogP contribution >= 0.6 is 12.4 Å². The summed E-state index contributed by atoms with van der Waals surface area (Å²) in [6.07, 6.45) is 0.822. The molecule has 136 valence electrons. The fraction of sp³-hybridized carbons (Fsp3) is 0.200. The minimum atomic E-state index is -3.66. The Kier molecular flexibility index (Phi) is 5.23. The van der Waals surface area contributed by atoms with Gasteiger partial charge in [0.25, 0.3) is 10.0 Å². The molecule has 0 atom stereocenters. The molecule has 0 fully saturated rings. The van der Waals surface area contributed by atoms with Crippen molar-refractivity contribution < 1.29 is 8.42 Å². The summed E-state index contributed by atoms with van der Waals surface area (Å²) < 4.78 is 29.0. The highest BCUT2D eigenvalue weighted by Gasteiger charge is 2.21. The molecule has 0 spiro atoms. The second-order valence-corrected chi connectivity index (χ2v) is 8.05. The van der Waals surface area contributed by atoms with Gasteiger partial charge in [0.15, 0.2) is 0 Å². The molecular formula is C20H21ClN2O2S. The number of fused-ring (bicyclic) bond motifs is 2. The topological polar surface area (TPSA) is 58.2 Å². The molecule has 6 heteroatoms. The van der Waals surface area contributed by atoms with Crippen LogP contribution in [0.4, 0.5) is 5.69 Å². The van der Waals surface area contributed by atoms with Crippen LogP contribution in [0.1, 0.15) is 16.7 Å². The van der Waals surface area contributed by atoms with E-state index in [9.17, 15) is 8.42 Å². The van der Waals surface area contributed by atoms with Gasteiger partial charge in [-0.15, -0.1) is 12.4 Å². The van der Waals surface area contributed by atoms with Gasteiger partial charge in [0.1, 0.15) is 0 Å². The van der Waals surface area contributed by atoms with Crippen molar-refractivity contribution in [3.05, 3.63) is 71.3 Å². The monoisotopic (exact) mass is 388 g/mol. The molecule has 3 aromatic carbocycles. The molecule has 3 aromatic rings. The predicted octanol–water partition coefficient (Wildman–Crippen LogP) is 4.02. The molecule has 26 heavy (non-hydrogen) atoms. The van der Waals surface area contributed by atoms with Crippen LogP contribution in [-0.4, -0.2) is 15.0 Å². The average molecular weight is 389 g/mol. The van der Waals surface area contributed by atoms with Crippen molar-refractivity contribution in [2.45, 2.75) is 24.8 Å². The van der Waals surface area contributed by atoms with Gasteiger partial charge < -0.3 is 5.32 Å². The van der Waals surface area contributed by atoms with Crippen LogP contribution in [0.5, 0.6) is 0 Å². The second kappa shape index (κ2) is 7.27. The van der Waals surface area contributed by atoms with E-state index in [0.717, 1.165) is 47.0 Å². The SMILES string of the molecule is Cc1ccc(S(=O)(=O)Nc2cccc3c2CCNC3)c2ccccc12.Cl. The van der Waals surface area contributed by atoms with Crippen LogP contribution in [0.3, 0.4) is 0 Å². The van der Waals surface area contributed by atoms with E-state index in [-0.39, 0.29) is 12.4 Å². The summed E-state index contributed by atoms with van der Waals surface area (Å²) in [6.45, 7) is 3.63. The van der Waals surface area contributed by atoms with Crippen LogP contribution in [0.2, 0.25) is 0 Å². The highest BCUT2D eigenvalue weighted by atomic mass is 35.5. The van der Waals surface area contributed by atoms with Gasteiger partial charge in [-0.1, -0.05) is 42.5 Å². The summed E-state index contributed by atoms with van der Waals surface area (Å²) >= 11 is 0. The van der Waals surface area contributed by atoms with Gasteiger partial charge in [-0.2, -0.15) is 0 Å². The van der Waals surface area contributed by atoms with Crippen molar-refractivity contribution in [3.63, 3.8) is 0 Å². The largest absolute Gasteiger partial charge is 0.312 e. The first-order valence-corrected chi connectivity index (χ1v) is 9.87. The highest BCUT2D eigenvalue weighted by Crippen LogP contribution is 2.29. The zero-order chi connectivity index (χ0) is 17.4. The Labute approximate surface area is 160 Å². The lowest BCUT2D eigenvalue weighted by Crippen LogP contribution is -2.25. The second-order valence-electron chi connectivity index (χ2n) is 6.40. The number of hydrogen-bond acceptors (Lipinski definition) is 3. The first kappa shape index (κ1) is 18.7. The molecule has 0 saturated heterocycles. The lowest BCUT2D eigenvalue weighted by Gasteiger charge is -2.21. The van der Waals surface area contributed by atoms with Gasteiger partial charge in [0, 0.05) is 11.9 Å². The molecule has 4 nitrogen and oxygen atoms in total. The molecular weight excluding hydrogens is 368 g/mol. The maximum absolute atomic E-state index is 13.1. The molecule has 0 aliphatic carbocycles. The Morgan fingerprint density at radius 1 is 0.962 bits per heavy atom. The molecule has 4 rings (SSSR count). The van der Waals surface area contributed by atoms with E-state index in [0.29, 0.717) is 10.6 Å². The van der Waals surface area contributed by atoms with Crippen LogP contribution in [0.15, 0.2) is 59.5 Å². The third-order valence-electron chi connectivity index (χ3n) is 4.78. The van der Waals surface area contributed by atoms with E-state index >= 15 is 0 Å². The number of nitrogens with one attached hydrogen (secondary N) is 2. The van der Waals surface area contributed by atoms with Gasteiger partial charge in [-0.25, -0.2) is 8.42 Å². The normalized spacial score (nSPS) is 13.7. The molecule has 1 aliphatic heterocycles. The molecule has 2 N–H and O–H groups in total. The summed E-state index contributed by atoms with van der Waals surface area (Å²) in [5, 5.41) is 5.03. The van der Waals surface area contributed by atoms with Crippen molar-refractivity contribution in [3.8, 4) is 0 Å². The lowest BCUT2D eigenvalue weighted by atomic mass is 9.99. The molecule has 0 bridgehead atoms. The fourth-order valence-electron chi connectivity index (χ4n) is 3.48. The van der Waals surface area contributed by atoms with E-state index in [1.165, 1.54) is 0 Å². The summed E-state index contributed by atoms with van der Waals surface area (Å²) in [5.41, 5.74) is 3.99. The van der Waals surface area contributed by atoms with Crippen molar-refractivity contribution in [2.75, 3.05) is 11.3 Å². The number of benzene rings is 3. The molecule has 0 saturated carbocycles. The average Bonchev–Trinajstić information content (AvgIpc) is 2.62. The molecule has 1 heterocycles. The number of aryl methyl sites for hydroxylation is 1. The van der Waals surface area contributed by atoms with Crippen molar-refractivity contribution in [1.82, 2.24) is 5.32 Å². The van der Waals surface area contributed by atoms with E-state index in [2.05, 4.69) is 10.0 Å². The number of rotatable bonds is 3. The van der Waals surface area contributed by atoms with Gasteiger partial charge in [-0.05, 0) is 54.1 Å². The highest BCUT2D eigenvalue weighted by molar-refractivity contribution is 7.93. The number of halogens is 1. The summed E-state index contributed by atoms with van der Waals surface area (Å²) in [4.78, 5) is 0.320. The Bertz CT molecular complexity index is 1060. The van der Waals surface area contributed by atoms with E-state index in [1.54, 1.807) is 6.07 Å². The number of hydrogen-bond donors (Lipinski definition) is 2. The van der Waals surface area contributed by atoms with Crippen LogP contribution in [0, 0.1) is 6.92 Å². The van der Waals surface area contributed by atoms with E-state index < -0.39 is 10.0 Å². The first-order chi connectivity index (χ1) is 12.1. The van der Waals surface area contributed by atoms with Crippen molar-refractivity contribution in [1.29, 1.82) is 0 Å². The van der Waals surface area contributed by atoms with E-state index in [4.69, 9.17) is 0 Å². The van der Waals surface area contributed by atoms with Crippen molar-refractivity contribution >= 4 is 38.9 Å². The number of sulfonamides is 1. The molecule has 0 radical (unpaired) electrons. The Morgan fingerprint density at radius 3 is 2.54 bits per heavy atom. The van der Waals surface area contributed by atoms with Gasteiger partial charge in [0.05, 0.1) is 10.6 Å². The van der Waals surface area contributed by atoms with Crippen LogP contribution in [-0.2, 0) is 23.0 Å². The molecule has 0 aromatic heterocycles. The Balaban J connectivity index is 0.00000196. The summed E-state index contributed by atoms with van der Waals surface area (Å²) in [5.74, 6) is 0. The van der Waals surface area contributed by atoms with E-state index in [1.807, 2.05) is 55.5 Å². The lowest BCUT2D eigenvalue weighted by molar-refractivity contribution is 0.601. The zero-order valence-corrected chi connectivity index (χ0v) is 16.1. The summed E-state index contributed by atoms with van der Waals surface area (Å²) in [7, 11) is -3.66. The third kappa shape index (κ3) is 3.30. The minimum absolute atomic E-state index is 0. The van der Waals surface area contributed by atoms with Gasteiger partial charge in [0.2, 0.25) is 0 Å². The Hall–Kier alpha value is -2.08. The summed E-state index contributed by atoms with van der Waals surface area (Å²) in [6, 6.07) is 17.0. The van der Waals surface area contributed by atoms with Crippen LogP contribution in [0.25, 0.3) is 10.8 Å².